The highest BCUT2D eigenvalue weighted by atomic mass is 19.4. The first-order chi connectivity index (χ1) is 15.2. The molecule has 0 spiro atoms. The Morgan fingerprint density at radius 3 is 2.09 bits per heavy atom. The van der Waals surface area contributed by atoms with Crippen molar-refractivity contribution in [1.29, 1.82) is 0 Å². The van der Waals surface area contributed by atoms with Crippen molar-refractivity contribution in [3.63, 3.8) is 0 Å². The van der Waals surface area contributed by atoms with E-state index >= 15 is 0 Å². The molecule has 2 aliphatic rings. The minimum absolute atomic E-state index is 0.110. The van der Waals surface area contributed by atoms with Gasteiger partial charge in [0.05, 0.1) is 0 Å². The van der Waals surface area contributed by atoms with E-state index in [4.69, 9.17) is 0 Å². The Kier molecular flexibility index (Phi) is 6.42. The molecule has 2 fully saturated rings. The minimum atomic E-state index is -5.15. The van der Waals surface area contributed by atoms with Crippen LogP contribution in [0.3, 0.4) is 0 Å². The van der Waals surface area contributed by atoms with Gasteiger partial charge in [0.2, 0.25) is 0 Å². The lowest BCUT2D eigenvalue weighted by Crippen LogP contribution is -2.30. The molecule has 2 aromatic rings. The zero-order chi connectivity index (χ0) is 23.0. The molecule has 0 N–H and O–H groups in total. The number of fused-ring (bicyclic) bond motifs is 1. The fourth-order valence-electron chi connectivity index (χ4n) is 5.69. The Labute approximate surface area is 184 Å². The highest BCUT2D eigenvalue weighted by Gasteiger charge is 2.38. The third-order valence-corrected chi connectivity index (χ3v) is 7.22. The van der Waals surface area contributed by atoms with Crippen LogP contribution in [0.25, 0.3) is 11.1 Å². The van der Waals surface area contributed by atoms with Crippen LogP contribution in [0, 0.1) is 35.2 Å². The fourth-order valence-corrected chi connectivity index (χ4v) is 5.69. The van der Waals surface area contributed by atoms with Gasteiger partial charge >= 0.3 is 6.18 Å². The first kappa shape index (κ1) is 22.9. The third kappa shape index (κ3) is 4.60. The van der Waals surface area contributed by atoms with Crippen LogP contribution in [0.1, 0.15) is 62.5 Å². The number of alkyl halides is 3. The van der Waals surface area contributed by atoms with Crippen LogP contribution in [-0.4, -0.2) is 0 Å². The molecular weight excluding hydrogens is 426 g/mol. The van der Waals surface area contributed by atoms with E-state index in [0.717, 1.165) is 24.8 Å². The van der Waals surface area contributed by atoms with E-state index in [1.54, 1.807) is 6.07 Å². The van der Waals surface area contributed by atoms with Crippen molar-refractivity contribution in [2.24, 2.45) is 17.8 Å². The molecule has 32 heavy (non-hydrogen) atoms. The number of allylic oxidation sites excluding steroid dienone is 2. The van der Waals surface area contributed by atoms with Crippen LogP contribution in [0.4, 0.5) is 26.3 Å². The van der Waals surface area contributed by atoms with Crippen molar-refractivity contribution in [2.45, 2.75) is 57.5 Å². The van der Waals surface area contributed by atoms with Gasteiger partial charge in [0.25, 0.3) is 0 Å². The molecule has 6 heteroatoms. The summed E-state index contributed by atoms with van der Waals surface area (Å²) in [6, 6.07) is 5.61. The Hall–Kier alpha value is -2.24. The highest BCUT2D eigenvalue weighted by molar-refractivity contribution is 5.65. The van der Waals surface area contributed by atoms with E-state index in [-0.39, 0.29) is 17.0 Å². The molecule has 0 aromatic heterocycles. The molecule has 4 unspecified atom stereocenters. The first-order valence-corrected chi connectivity index (χ1v) is 11.2. The zero-order valence-electron chi connectivity index (χ0n) is 17.9. The molecule has 0 bridgehead atoms. The summed E-state index contributed by atoms with van der Waals surface area (Å²) >= 11 is 0. The van der Waals surface area contributed by atoms with Crippen LogP contribution >= 0.6 is 0 Å². The lowest BCUT2D eigenvalue weighted by Gasteiger charge is -2.41. The summed E-state index contributed by atoms with van der Waals surface area (Å²) in [6.45, 7) is 2.05. The summed E-state index contributed by atoms with van der Waals surface area (Å²) in [4.78, 5) is 0. The molecule has 2 aliphatic carbocycles. The van der Waals surface area contributed by atoms with Crippen molar-refractivity contribution >= 4 is 0 Å². The SMILES string of the molecule is C/C=C/C1CCC2CC(c3ccc(-c4cc(F)c(C(F)(F)F)c(F)c4)c(F)c3)CCC2C1. The maximum Gasteiger partial charge on any atom is 0.422 e. The predicted octanol–water partition coefficient (Wildman–Crippen LogP) is 8.67. The van der Waals surface area contributed by atoms with Gasteiger partial charge in [-0.3, -0.25) is 0 Å². The van der Waals surface area contributed by atoms with Gasteiger partial charge in [-0.05, 0) is 98.4 Å². The van der Waals surface area contributed by atoms with Crippen LogP contribution in [0.5, 0.6) is 0 Å². The number of hydrogen-bond acceptors (Lipinski definition) is 0. The predicted molar refractivity (Wildman–Crippen MR) is 112 cm³/mol. The summed E-state index contributed by atoms with van der Waals surface area (Å²) < 4.78 is 81.2. The van der Waals surface area contributed by atoms with Gasteiger partial charge in [0, 0.05) is 5.56 Å². The van der Waals surface area contributed by atoms with Gasteiger partial charge in [-0.1, -0.05) is 24.3 Å². The normalized spacial score (nSPS) is 26.3. The second kappa shape index (κ2) is 8.95. The lowest BCUT2D eigenvalue weighted by atomic mass is 9.64. The Balaban J connectivity index is 1.53. The molecule has 4 rings (SSSR count). The van der Waals surface area contributed by atoms with Crippen molar-refractivity contribution in [1.82, 2.24) is 0 Å². The van der Waals surface area contributed by atoms with Gasteiger partial charge in [-0.25, -0.2) is 13.2 Å². The summed E-state index contributed by atoms with van der Waals surface area (Å²) in [5, 5.41) is 0. The number of benzene rings is 2. The maximum atomic E-state index is 14.9. The molecule has 0 heterocycles. The second-order valence-corrected chi connectivity index (χ2v) is 9.18. The van der Waals surface area contributed by atoms with Crippen molar-refractivity contribution in [3.8, 4) is 11.1 Å². The molecular formula is C26H26F6. The molecule has 0 amide bonds. The fraction of sp³-hybridized carbons (Fsp3) is 0.462. The van der Waals surface area contributed by atoms with Crippen LogP contribution < -0.4 is 0 Å². The van der Waals surface area contributed by atoms with Crippen LogP contribution in [0.15, 0.2) is 42.5 Å². The Bertz CT molecular complexity index is 983. The van der Waals surface area contributed by atoms with E-state index in [9.17, 15) is 26.3 Å². The van der Waals surface area contributed by atoms with Gasteiger partial charge in [-0.2, -0.15) is 13.2 Å². The van der Waals surface area contributed by atoms with Crippen LogP contribution in [-0.2, 0) is 6.18 Å². The number of rotatable bonds is 3. The Morgan fingerprint density at radius 1 is 0.812 bits per heavy atom. The van der Waals surface area contributed by atoms with E-state index in [1.807, 2.05) is 0 Å². The second-order valence-electron chi connectivity index (χ2n) is 9.18. The summed E-state index contributed by atoms with van der Waals surface area (Å²) in [6.07, 6.45) is 5.87. The largest absolute Gasteiger partial charge is 0.422 e. The summed E-state index contributed by atoms with van der Waals surface area (Å²) in [5.41, 5.74) is -1.48. The van der Waals surface area contributed by atoms with E-state index in [1.165, 1.54) is 31.4 Å². The molecule has 2 aromatic carbocycles. The third-order valence-electron chi connectivity index (χ3n) is 7.22. The average Bonchev–Trinajstić information content (AvgIpc) is 2.72. The summed E-state index contributed by atoms with van der Waals surface area (Å²) in [5.74, 6) is -1.98. The summed E-state index contributed by atoms with van der Waals surface area (Å²) in [7, 11) is 0. The number of hydrogen-bond donors (Lipinski definition) is 0. The van der Waals surface area contributed by atoms with E-state index in [2.05, 4.69) is 19.1 Å². The first-order valence-electron chi connectivity index (χ1n) is 11.2. The quantitative estimate of drug-likeness (QED) is 0.323. The molecule has 0 aliphatic heterocycles. The van der Waals surface area contributed by atoms with Crippen molar-refractivity contribution in [3.05, 3.63) is 71.1 Å². The average molecular weight is 452 g/mol. The maximum absolute atomic E-state index is 14.9. The monoisotopic (exact) mass is 452 g/mol. The van der Waals surface area contributed by atoms with Crippen molar-refractivity contribution < 1.29 is 26.3 Å². The van der Waals surface area contributed by atoms with Crippen LogP contribution in [0.2, 0.25) is 0 Å². The molecule has 0 nitrogen and oxygen atoms in total. The van der Waals surface area contributed by atoms with Gasteiger partial charge in [-0.15, -0.1) is 0 Å². The van der Waals surface area contributed by atoms with Gasteiger partial charge < -0.3 is 0 Å². The zero-order valence-corrected chi connectivity index (χ0v) is 17.9. The molecule has 0 radical (unpaired) electrons. The van der Waals surface area contributed by atoms with Gasteiger partial charge in [0.15, 0.2) is 0 Å². The van der Waals surface area contributed by atoms with Crippen molar-refractivity contribution in [2.75, 3.05) is 0 Å². The van der Waals surface area contributed by atoms with E-state index in [0.29, 0.717) is 29.9 Å². The van der Waals surface area contributed by atoms with Gasteiger partial charge in [0.1, 0.15) is 23.0 Å². The molecule has 0 saturated heterocycles. The molecule has 2 saturated carbocycles. The molecule has 172 valence electrons. The minimum Gasteiger partial charge on any atom is -0.206 e. The smallest absolute Gasteiger partial charge is 0.206 e. The highest BCUT2D eigenvalue weighted by Crippen LogP contribution is 2.48. The topological polar surface area (TPSA) is 0 Å². The lowest BCUT2D eigenvalue weighted by molar-refractivity contribution is -0.142. The standard InChI is InChI=1S/C26H26F6/c1-2-3-15-4-5-17-11-18(7-6-16(17)10-15)19-8-9-21(22(27)12-19)20-13-23(28)25(24(29)14-20)26(30,31)32/h2-3,8-9,12-18H,4-7,10-11H2,1H3/b3-2+. The van der Waals surface area contributed by atoms with E-state index < -0.39 is 29.2 Å². The molecule has 4 atom stereocenters. The Morgan fingerprint density at radius 2 is 1.47 bits per heavy atom. The number of halogens is 6.